The molecular weight excluding hydrogens is 352 g/mol. The maximum absolute atomic E-state index is 11.7. The van der Waals surface area contributed by atoms with Crippen molar-refractivity contribution in [3.05, 3.63) is 23.8 Å². The third kappa shape index (κ3) is 12.6. The van der Waals surface area contributed by atoms with Gasteiger partial charge in [-0.1, -0.05) is 90.0 Å². The Morgan fingerprint density at radius 1 is 0.786 bits per heavy atom. The van der Waals surface area contributed by atoms with Crippen LogP contribution in [0.2, 0.25) is 0 Å². The highest BCUT2D eigenvalue weighted by Crippen LogP contribution is 2.25. The molecule has 0 saturated heterocycles. The number of hydrogen-bond acceptors (Lipinski definition) is 4. The van der Waals surface area contributed by atoms with E-state index in [9.17, 15) is 15.0 Å². The van der Waals surface area contributed by atoms with Gasteiger partial charge in [0.05, 0.1) is 6.61 Å². The predicted molar refractivity (Wildman–Crippen MR) is 115 cm³/mol. The van der Waals surface area contributed by atoms with Gasteiger partial charge in [-0.3, -0.25) is 4.79 Å². The first-order valence-corrected chi connectivity index (χ1v) is 11.3. The normalized spacial score (nSPS) is 10.9. The van der Waals surface area contributed by atoms with Crippen LogP contribution in [-0.4, -0.2) is 22.8 Å². The summed E-state index contributed by atoms with van der Waals surface area (Å²) in [7, 11) is 0. The van der Waals surface area contributed by atoms with E-state index in [1.54, 1.807) is 6.07 Å². The summed E-state index contributed by atoms with van der Waals surface area (Å²) in [5, 5.41) is 18.7. The molecule has 0 unspecified atom stereocenters. The molecule has 0 spiro atoms. The molecule has 0 aliphatic rings. The number of phenols is 2. The summed E-state index contributed by atoms with van der Waals surface area (Å²) in [6, 6.07) is 4.66. The van der Waals surface area contributed by atoms with E-state index in [1.165, 1.54) is 82.8 Å². The highest BCUT2D eigenvalue weighted by Gasteiger charge is 2.05. The van der Waals surface area contributed by atoms with E-state index in [1.807, 2.05) is 0 Å². The number of hydrogen-bond donors (Lipinski definition) is 2. The summed E-state index contributed by atoms with van der Waals surface area (Å²) in [6.45, 7) is 2.57. The van der Waals surface area contributed by atoms with Crippen LogP contribution in [0.15, 0.2) is 18.2 Å². The number of esters is 1. The second-order valence-corrected chi connectivity index (χ2v) is 7.79. The Morgan fingerprint density at radius 3 is 1.86 bits per heavy atom. The lowest BCUT2D eigenvalue weighted by Gasteiger charge is -2.06. The monoisotopic (exact) mass is 392 g/mol. The van der Waals surface area contributed by atoms with Crippen LogP contribution in [0.5, 0.6) is 11.5 Å². The van der Waals surface area contributed by atoms with Gasteiger partial charge < -0.3 is 14.9 Å². The Bertz CT molecular complexity index is 527. The van der Waals surface area contributed by atoms with Crippen molar-refractivity contribution in [3.63, 3.8) is 0 Å². The van der Waals surface area contributed by atoms with Gasteiger partial charge in [0.15, 0.2) is 11.5 Å². The molecule has 0 heterocycles. The Morgan fingerprint density at radius 2 is 1.32 bits per heavy atom. The number of carbonyl (C=O) groups excluding carboxylic acids is 1. The molecule has 0 aliphatic heterocycles. The fourth-order valence-electron chi connectivity index (χ4n) is 3.37. The Balaban J connectivity index is 1.87. The van der Waals surface area contributed by atoms with Gasteiger partial charge >= 0.3 is 5.97 Å². The maximum atomic E-state index is 11.7. The number of unbranched alkanes of at least 4 members (excludes halogenated alkanes) is 12. The largest absolute Gasteiger partial charge is 0.504 e. The number of ether oxygens (including phenoxy) is 1. The molecule has 0 aromatic heterocycles. The van der Waals surface area contributed by atoms with Gasteiger partial charge in [-0.05, 0) is 24.1 Å². The Hall–Kier alpha value is -1.71. The molecule has 1 aromatic carbocycles. The van der Waals surface area contributed by atoms with E-state index in [2.05, 4.69) is 6.92 Å². The van der Waals surface area contributed by atoms with Gasteiger partial charge in [-0.25, -0.2) is 0 Å². The van der Waals surface area contributed by atoms with Gasteiger partial charge in [0.2, 0.25) is 0 Å². The minimum Gasteiger partial charge on any atom is -0.504 e. The number of carbonyl (C=O) groups is 1. The predicted octanol–water partition coefficient (Wildman–Crippen LogP) is 6.66. The molecule has 0 aliphatic carbocycles. The van der Waals surface area contributed by atoms with Crippen LogP contribution in [0.1, 0.15) is 102 Å². The van der Waals surface area contributed by atoms with Crippen molar-refractivity contribution in [2.24, 2.45) is 0 Å². The van der Waals surface area contributed by atoms with Gasteiger partial charge in [-0.15, -0.1) is 0 Å². The van der Waals surface area contributed by atoms with E-state index in [-0.39, 0.29) is 17.5 Å². The van der Waals surface area contributed by atoms with Crippen molar-refractivity contribution in [2.45, 2.75) is 103 Å². The zero-order chi connectivity index (χ0) is 20.5. The van der Waals surface area contributed by atoms with E-state index >= 15 is 0 Å². The number of phenolic OH excluding ortho intramolecular Hbond substituents is 2. The zero-order valence-corrected chi connectivity index (χ0v) is 17.8. The standard InChI is InChI=1S/C24H40O4/c1-2-3-4-5-6-7-8-9-10-11-12-13-14-15-24(27)28-19-18-21-16-17-22(25)23(26)20-21/h16-17,20,25-26H,2-15,18-19H2,1H3. The molecule has 0 atom stereocenters. The molecule has 0 fully saturated rings. The molecule has 28 heavy (non-hydrogen) atoms. The average Bonchev–Trinajstić information content (AvgIpc) is 2.68. The van der Waals surface area contributed by atoms with Crippen molar-refractivity contribution in [3.8, 4) is 11.5 Å². The van der Waals surface area contributed by atoms with Crippen molar-refractivity contribution in [1.82, 2.24) is 0 Å². The van der Waals surface area contributed by atoms with Crippen LogP contribution in [-0.2, 0) is 16.0 Å². The third-order valence-corrected chi connectivity index (χ3v) is 5.18. The minimum absolute atomic E-state index is 0.136. The Kier molecular flexibility index (Phi) is 14.1. The summed E-state index contributed by atoms with van der Waals surface area (Å²) < 4.78 is 5.24. The van der Waals surface area contributed by atoms with Gasteiger partial charge in [0.25, 0.3) is 0 Å². The van der Waals surface area contributed by atoms with Crippen LogP contribution >= 0.6 is 0 Å². The average molecular weight is 393 g/mol. The molecule has 0 bridgehead atoms. The lowest BCUT2D eigenvalue weighted by molar-refractivity contribution is -0.143. The minimum atomic E-state index is -0.147. The highest BCUT2D eigenvalue weighted by atomic mass is 16.5. The summed E-state index contributed by atoms with van der Waals surface area (Å²) in [5.74, 6) is -0.426. The molecule has 0 radical (unpaired) electrons. The quantitative estimate of drug-likeness (QED) is 0.177. The zero-order valence-electron chi connectivity index (χ0n) is 17.8. The highest BCUT2D eigenvalue weighted by molar-refractivity contribution is 5.69. The second kappa shape index (κ2) is 16.3. The van der Waals surface area contributed by atoms with Crippen LogP contribution in [0.3, 0.4) is 0 Å². The molecule has 4 nitrogen and oxygen atoms in total. The number of benzene rings is 1. The fourth-order valence-corrected chi connectivity index (χ4v) is 3.37. The molecule has 1 aromatic rings. The van der Waals surface area contributed by atoms with Crippen LogP contribution in [0.25, 0.3) is 0 Å². The Labute approximate surface area is 171 Å². The van der Waals surface area contributed by atoms with E-state index in [0.29, 0.717) is 19.4 Å². The lowest BCUT2D eigenvalue weighted by Crippen LogP contribution is -2.07. The number of rotatable bonds is 17. The smallest absolute Gasteiger partial charge is 0.305 e. The van der Waals surface area contributed by atoms with Crippen molar-refractivity contribution < 1.29 is 19.7 Å². The lowest BCUT2D eigenvalue weighted by atomic mass is 10.0. The van der Waals surface area contributed by atoms with Crippen LogP contribution < -0.4 is 0 Å². The first kappa shape index (κ1) is 24.3. The molecular formula is C24H40O4. The topological polar surface area (TPSA) is 66.8 Å². The van der Waals surface area contributed by atoms with Crippen molar-refractivity contribution in [2.75, 3.05) is 6.61 Å². The summed E-state index contributed by atoms with van der Waals surface area (Å²) in [5.41, 5.74) is 0.837. The first-order valence-electron chi connectivity index (χ1n) is 11.3. The molecule has 0 amide bonds. The van der Waals surface area contributed by atoms with Gasteiger partial charge in [-0.2, -0.15) is 0 Å². The van der Waals surface area contributed by atoms with E-state index < -0.39 is 0 Å². The molecule has 160 valence electrons. The van der Waals surface area contributed by atoms with Crippen molar-refractivity contribution in [1.29, 1.82) is 0 Å². The molecule has 1 rings (SSSR count). The van der Waals surface area contributed by atoms with Crippen molar-refractivity contribution >= 4 is 5.97 Å². The molecule has 0 saturated carbocycles. The fraction of sp³-hybridized carbons (Fsp3) is 0.708. The second-order valence-electron chi connectivity index (χ2n) is 7.79. The molecule has 4 heteroatoms. The number of aromatic hydroxyl groups is 2. The van der Waals surface area contributed by atoms with Gasteiger partial charge in [0.1, 0.15) is 0 Å². The summed E-state index contributed by atoms with van der Waals surface area (Å²) in [6.07, 6.45) is 17.8. The summed E-state index contributed by atoms with van der Waals surface area (Å²) >= 11 is 0. The SMILES string of the molecule is CCCCCCCCCCCCCCCC(=O)OCCc1ccc(O)c(O)c1. The third-order valence-electron chi connectivity index (χ3n) is 5.18. The van der Waals surface area contributed by atoms with E-state index in [0.717, 1.165) is 18.4 Å². The van der Waals surface area contributed by atoms with Crippen LogP contribution in [0, 0.1) is 0 Å². The molecule has 2 N–H and O–H groups in total. The maximum Gasteiger partial charge on any atom is 0.305 e. The first-order chi connectivity index (χ1) is 13.6. The van der Waals surface area contributed by atoms with Crippen LogP contribution in [0.4, 0.5) is 0 Å². The van der Waals surface area contributed by atoms with E-state index in [4.69, 9.17) is 4.74 Å². The summed E-state index contributed by atoms with van der Waals surface area (Å²) in [4.78, 5) is 11.7. The van der Waals surface area contributed by atoms with Gasteiger partial charge in [0, 0.05) is 12.8 Å².